The highest BCUT2D eigenvalue weighted by Gasteiger charge is 2.17. The van der Waals surface area contributed by atoms with Gasteiger partial charge in [-0.1, -0.05) is 13.3 Å². The molecule has 1 unspecified atom stereocenters. The van der Waals surface area contributed by atoms with E-state index in [4.69, 9.17) is 9.15 Å². The first-order chi connectivity index (χ1) is 9.80. The third-order valence-corrected chi connectivity index (χ3v) is 3.15. The molecular weight excluding hydrogens is 336 g/mol. The number of ether oxygens (including phenoxy) is 1. The predicted octanol–water partition coefficient (Wildman–Crippen LogP) is 3.83. The van der Waals surface area contributed by atoms with Crippen molar-refractivity contribution in [2.75, 3.05) is 6.54 Å². The molecule has 0 aromatic carbocycles. The Hall–Kier alpha value is -1.01. The minimum atomic E-state index is -0.474. The van der Waals surface area contributed by atoms with Gasteiger partial charge in [0, 0.05) is 12.6 Å². The van der Waals surface area contributed by atoms with Crippen LogP contribution in [-0.2, 0) is 11.3 Å². The van der Waals surface area contributed by atoms with Crippen molar-refractivity contribution >= 4 is 22.0 Å². The summed E-state index contributed by atoms with van der Waals surface area (Å²) in [5.41, 5.74) is -0.474. The van der Waals surface area contributed by atoms with Gasteiger partial charge in [-0.25, -0.2) is 4.79 Å². The SMILES string of the molecule is CCCC(CNC(=O)OC(C)(C)C)NCc1ccc(Br)o1. The van der Waals surface area contributed by atoms with E-state index in [9.17, 15) is 4.79 Å². The highest BCUT2D eigenvalue weighted by Crippen LogP contribution is 2.14. The summed E-state index contributed by atoms with van der Waals surface area (Å²) in [7, 11) is 0. The number of carbonyl (C=O) groups is 1. The number of hydrogen-bond donors (Lipinski definition) is 2. The molecular formula is C15H25BrN2O3. The Bertz CT molecular complexity index is 440. The molecule has 1 amide bonds. The molecule has 0 fully saturated rings. The lowest BCUT2D eigenvalue weighted by molar-refractivity contribution is 0.0521. The van der Waals surface area contributed by atoms with Gasteiger partial charge >= 0.3 is 6.09 Å². The molecule has 1 heterocycles. The molecule has 0 saturated heterocycles. The highest BCUT2D eigenvalue weighted by molar-refractivity contribution is 9.10. The summed E-state index contributed by atoms with van der Waals surface area (Å²) in [6.07, 6.45) is 1.62. The van der Waals surface area contributed by atoms with Crippen molar-refractivity contribution < 1.29 is 13.9 Å². The summed E-state index contributed by atoms with van der Waals surface area (Å²) in [6, 6.07) is 3.97. The summed E-state index contributed by atoms with van der Waals surface area (Å²) in [6.45, 7) is 8.83. The van der Waals surface area contributed by atoms with Crippen molar-refractivity contribution in [3.63, 3.8) is 0 Å². The zero-order valence-electron chi connectivity index (χ0n) is 13.2. The predicted molar refractivity (Wildman–Crippen MR) is 86.2 cm³/mol. The van der Waals surface area contributed by atoms with Gasteiger partial charge in [0.15, 0.2) is 4.67 Å². The maximum atomic E-state index is 11.7. The van der Waals surface area contributed by atoms with Gasteiger partial charge in [-0.3, -0.25) is 0 Å². The molecule has 6 heteroatoms. The Morgan fingerprint density at radius 2 is 2.14 bits per heavy atom. The van der Waals surface area contributed by atoms with Crippen LogP contribution >= 0.6 is 15.9 Å². The van der Waals surface area contributed by atoms with Crippen molar-refractivity contribution in [2.24, 2.45) is 0 Å². The van der Waals surface area contributed by atoms with Crippen LogP contribution in [0.15, 0.2) is 21.2 Å². The van der Waals surface area contributed by atoms with Crippen LogP contribution < -0.4 is 10.6 Å². The molecule has 0 aliphatic rings. The van der Waals surface area contributed by atoms with Crippen LogP contribution in [0.25, 0.3) is 0 Å². The Labute approximate surface area is 134 Å². The number of nitrogens with one attached hydrogen (secondary N) is 2. The van der Waals surface area contributed by atoms with E-state index in [1.807, 2.05) is 32.9 Å². The second kappa shape index (κ2) is 8.44. The number of amides is 1. The van der Waals surface area contributed by atoms with Crippen molar-refractivity contribution in [2.45, 2.75) is 58.7 Å². The average molecular weight is 361 g/mol. The molecule has 5 nitrogen and oxygen atoms in total. The molecule has 0 saturated carbocycles. The lowest BCUT2D eigenvalue weighted by atomic mass is 10.1. The fourth-order valence-electron chi connectivity index (χ4n) is 1.84. The van der Waals surface area contributed by atoms with Crippen LogP contribution in [0.2, 0.25) is 0 Å². The minimum Gasteiger partial charge on any atom is -0.453 e. The summed E-state index contributed by atoms with van der Waals surface area (Å²) >= 11 is 3.28. The van der Waals surface area contributed by atoms with Gasteiger partial charge < -0.3 is 19.8 Å². The summed E-state index contributed by atoms with van der Waals surface area (Å²) in [4.78, 5) is 11.7. The Balaban J connectivity index is 2.37. The van der Waals surface area contributed by atoms with Gasteiger partial charge in [0.25, 0.3) is 0 Å². The Kier molecular flexibility index (Phi) is 7.25. The van der Waals surface area contributed by atoms with E-state index in [-0.39, 0.29) is 12.1 Å². The fourth-order valence-corrected chi connectivity index (χ4v) is 2.18. The van der Waals surface area contributed by atoms with Gasteiger partial charge in [0.05, 0.1) is 6.54 Å². The van der Waals surface area contributed by atoms with Gasteiger partial charge in [-0.05, 0) is 55.3 Å². The standard InChI is InChI=1S/C15H25BrN2O3/c1-5-6-11(9-18-14(19)21-15(2,3)4)17-10-12-7-8-13(16)20-12/h7-8,11,17H,5-6,9-10H2,1-4H3,(H,18,19). The van der Waals surface area contributed by atoms with Gasteiger partial charge in [0.1, 0.15) is 11.4 Å². The number of carbonyl (C=O) groups excluding carboxylic acids is 1. The van der Waals surface area contributed by atoms with E-state index in [2.05, 4.69) is 33.5 Å². The van der Waals surface area contributed by atoms with Crippen molar-refractivity contribution in [1.82, 2.24) is 10.6 Å². The normalized spacial score (nSPS) is 13.0. The van der Waals surface area contributed by atoms with E-state index >= 15 is 0 Å². The molecule has 0 spiro atoms. The van der Waals surface area contributed by atoms with Crippen LogP contribution in [0.3, 0.4) is 0 Å². The molecule has 0 aliphatic carbocycles. The minimum absolute atomic E-state index is 0.186. The molecule has 120 valence electrons. The highest BCUT2D eigenvalue weighted by atomic mass is 79.9. The third kappa shape index (κ3) is 8.12. The molecule has 0 radical (unpaired) electrons. The summed E-state index contributed by atoms with van der Waals surface area (Å²) in [5, 5.41) is 6.19. The first kappa shape index (κ1) is 18.0. The molecule has 1 aromatic rings. The third-order valence-electron chi connectivity index (χ3n) is 2.72. The van der Waals surface area contributed by atoms with Crippen LogP contribution in [0.4, 0.5) is 4.79 Å². The quantitative estimate of drug-likeness (QED) is 0.775. The number of alkyl carbamates (subject to hydrolysis) is 1. The second-order valence-corrected chi connectivity index (χ2v) is 6.74. The van der Waals surface area contributed by atoms with Crippen LogP contribution in [0.5, 0.6) is 0 Å². The summed E-state index contributed by atoms with van der Waals surface area (Å²) < 4.78 is 11.4. The zero-order valence-corrected chi connectivity index (χ0v) is 14.7. The van der Waals surface area contributed by atoms with Gasteiger partial charge in [0.2, 0.25) is 0 Å². The van der Waals surface area contributed by atoms with E-state index < -0.39 is 5.60 Å². The maximum Gasteiger partial charge on any atom is 0.407 e. The van der Waals surface area contributed by atoms with Crippen LogP contribution in [0.1, 0.15) is 46.3 Å². The maximum absolute atomic E-state index is 11.7. The van der Waals surface area contributed by atoms with Crippen LogP contribution in [0, 0.1) is 0 Å². The Morgan fingerprint density at radius 3 is 2.67 bits per heavy atom. The molecule has 0 bridgehead atoms. The number of hydrogen-bond acceptors (Lipinski definition) is 4. The summed E-state index contributed by atoms with van der Waals surface area (Å²) in [5.74, 6) is 0.861. The molecule has 1 aromatic heterocycles. The monoisotopic (exact) mass is 360 g/mol. The second-order valence-electron chi connectivity index (χ2n) is 5.96. The number of rotatable bonds is 7. The zero-order chi connectivity index (χ0) is 15.9. The lowest BCUT2D eigenvalue weighted by Crippen LogP contribution is -2.42. The van der Waals surface area contributed by atoms with E-state index in [0.717, 1.165) is 23.3 Å². The van der Waals surface area contributed by atoms with E-state index in [0.29, 0.717) is 13.1 Å². The first-order valence-corrected chi connectivity index (χ1v) is 8.04. The number of halogens is 1. The fraction of sp³-hybridized carbons (Fsp3) is 0.667. The van der Waals surface area contributed by atoms with Crippen molar-refractivity contribution in [3.8, 4) is 0 Å². The van der Waals surface area contributed by atoms with Crippen molar-refractivity contribution in [1.29, 1.82) is 0 Å². The van der Waals surface area contributed by atoms with E-state index in [1.165, 1.54) is 0 Å². The Morgan fingerprint density at radius 1 is 1.43 bits per heavy atom. The first-order valence-electron chi connectivity index (χ1n) is 7.24. The van der Waals surface area contributed by atoms with Gasteiger partial charge in [-0.15, -0.1) is 0 Å². The molecule has 1 atom stereocenters. The van der Waals surface area contributed by atoms with E-state index in [1.54, 1.807) is 0 Å². The smallest absolute Gasteiger partial charge is 0.407 e. The average Bonchev–Trinajstić information content (AvgIpc) is 2.76. The molecule has 21 heavy (non-hydrogen) atoms. The molecule has 0 aliphatic heterocycles. The van der Waals surface area contributed by atoms with Crippen LogP contribution in [-0.4, -0.2) is 24.3 Å². The topological polar surface area (TPSA) is 63.5 Å². The van der Waals surface area contributed by atoms with Gasteiger partial charge in [-0.2, -0.15) is 0 Å². The van der Waals surface area contributed by atoms with Crippen molar-refractivity contribution in [3.05, 3.63) is 22.6 Å². The largest absolute Gasteiger partial charge is 0.453 e. The molecule has 2 N–H and O–H groups in total. The lowest BCUT2D eigenvalue weighted by Gasteiger charge is -2.22. The number of furan rings is 1. The molecule has 1 rings (SSSR count).